The fraction of sp³-hybridized carbons (Fsp3) is 0.452. The van der Waals surface area contributed by atoms with Crippen LogP contribution in [0.2, 0.25) is 5.02 Å². The summed E-state index contributed by atoms with van der Waals surface area (Å²) in [6.07, 6.45) is -0.362. The summed E-state index contributed by atoms with van der Waals surface area (Å²) in [4.78, 5) is 70.0. The molecule has 2 aromatic carbocycles. The zero-order valence-electron chi connectivity index (χ0n) is 24.6. The normalized spacial score (nSPS) is 24.4. The lowest BCUT2D eigenvalue weighted by molar-refractivity contribution is -0.143. The molecular formula is C31H37ClFN5O6. The molecule has 0 aliphatic carbocycles. The summed E-state index contributed by atoms with van der Waals surface area (Å²) < 4.78 is 14.1. The number of benzene rings is 2. The lowest BCUT2D eigenvalue weighted by Crippen LogP contribution is -2.58. The number of carbonyl (C=O) groups excluding carboxylic acids is 5. The molecular weight excluding hydrogens is 593 g/mol. The minimum absolute atomic E-state index is 0.00581. The monoisotopic (exact) mass is 629 g/mol. The summed E-state index contributed by atoms with van der Waals surface area (Å²) in [5.74, 6) is -4.17. The SMILES string of the molecule is CC[C@H](C)[C@@H]1NC(=O)CN(C(=O)c2cc(F)cc(Cl)c2)CCNC(=O)[C@H](Cc2ccccc2)NC(=O)[C@@H]2C[C@@H](O)CN2C1=O. The molecule has 2 fully saturated rings. The van der Waals surface area contributed by atoms with Crippen LogP contribution in [-0.4, -0.2) is 94.9 Å². The van der Waals surface area contributed by atoms with Crippen molar-refractivity contribution in [1.29, 1.82) is 0 Å². The average molecular weight is 630 g/mol. The van der Waals surface area contributed by atoms with E-state index in [1.54, 1.807) is 19.1 Å². The molecule has 2 aliphatic heterocycles. The van der Waals surface area contributed by atoms with E-state index in [9.17, 15) is 33.5 Å². The number of hydrogen-bond donors (Lipinski definition) is 4. The molecule has 0 aromatic heterocycles. The van der Waals surface area contributed by atoms with Gasteiger partial charge in [-0.2, -0.15) is 0 Å². The number of aliphatic hydroxyl groups excluding tert-OH is 1. The molecule has 4 N–H and O–H groups in total. The van der Waals surface area contributed by atoms with Crippen molar-refractivity contribution in [3.05, 3.63) is 70.5 Å². The van der Waals surface area contributed by atoms with Gasteiger partial charge in [-0.25, -0.2) is 4.39 Å². The molecule has 5 atom stereocenters. The second-order valence-electron chi connectivity index (χ2n) is 11.3. The van der Waals surface area contributed by atoms with Crippen molar-refractivity contribution in [3.8, 4) is 0 Å². The molecule has 0 spiro atoms. The molecule has 0 saturated carbocycles. The standard InChI is InChI=1S/C31H37ClFN5O6/c1-3-18(2)27-31(44)38-16-23(39)15-25(38)29(42)35-24(11-19-7-5-4-6-8-19)28(41)34-9-10-37(17-26(40)36-27)30(43)20-12-21(32)14-22(33)13-20/h4-8,12-14,18,23-25,27,39H,3,9-11,15-17H2,1-2H3,(H,34,41)(H,35,42)(H,36,40)/t18-,23+,24-,25-,27-/m0/s1. The third kappa shape index (κ3) is 8.11. The van der Waals surface area contributed by atoms with Crippen LogP contribution in [0, 0.1) is 11.7 Å². The highest BCUT2D eigenvalue weighted by Gasteiger charge is 2.43. The first-order valence-corrected chi connectivity index (χ1v) is 15.0. The number of fused-ring (bicyclic) bond motifs is 1. The van der Waals surface area contributed by atoms with Crippen LogP contribution in [0.25, 0.3) is 0 Å². The fourth-order valence-corrected chi connectivity index (χ4v) is 5.66. The minimum atomic E-state index is -1.06. The third-order valence-electron chi connectivity index (χ3n) is 7.99. The number of nitrogens with one attached hydrogen (secondary N) is 3. The summed E-state index contributed by atoms with van der Waals surface area (Å²) in [7, 11) is 0. The topological polar surface area (TPSA) is 148 Å². The smallest absolute Gasteiger partial charge is 0.254 e. The van der Waals surface area contributed by atoms with E-state index in [1.807, 2.05) is 25.1 Å². The molecule has 2 saturated heterocycles. The van der Waals surface area contributed by atoms with Crippen molar-refractivity contribution in [2.75, 3.05) is 26.2 Å². The van der Waals surface area contributed by atoms with E-state index < -0.39 is 66.1 Å². The van der Waals surface area contributed by atoms with Gasteiger partial charge in [0.15, 0.2) is 0 Å². The van der Waals surface area contributed by atoms with Crippen LogP contribution in [-0.2, 0) is 25.6 Å². The maximum atomic E-state index is 14.1. The van der Waals surface area contributed by atoms with Crippen LogP contribution in [0.1, 0.15) is 42.6 Å². The van der Waals surface area contributed by atoms with Gasteiger partial charge in [-0.3, -0.25) is 24.0 Å². The van der Waals surface area contributed by atoms with E-state index in [2.05, 4.69) is 16.0 Å². The Bertz CT molecular complexity index is 1370. The van der Waals surface area contributed by atoms with E-state index in [4.69, 9.17) is 11.6 Å². The van der Waals surface area contributed by atoms with Crippen LogP contribution in [0.4, 0.5) is 4.39 Å². The van der Waals surface area contributed by atoms with E-state index in [0.717, 1.165) is 22.6 Å². The predicted molar refractivity (Wildman–Crippen MR) is 160 cm³/mol. The van der Waals surface area contributed by atoms with Gasteiger partial charge < -0.3 is 30.9 Å². The molecule has 13 heteroatoms. The van der Waals surface area contributed by atoms with Crippen molar-refractivity contribution < 1.29 is 33.5 Å². The number of rotatable bonds is 5. The largest absolute Gasteiger partial charge is 0.391 e. The number of amides is 5. The molecule has 2 aliphatic rings. The van der Waals surface area contributed by atoms with Crippen molar-refractivity contribution in [1.82, 2.24) is 25.8 Å². The summed E-state index contributed by atoms with van der Waals surface area (Å²) in [6.45, 7) is 2.76. The van der Waals surface area contributed by atoms with Crippen LogP contribution >= 0.6 is 11.6 Å². The van der Waals surface area contributed by atoms with Crippen molar-refractivity contribution in [2.24, 2.45) is 5.92 Å². The number of nitrogens with zero attached hydrogens (tertiary/aromatic N) is 2. The summed E-state index contributed by atoms with van der Waals surface area (Å²) in [5.41, 5.74) is 0.682. The first-order chi connectivity index (χ1) is 21.0. The molecule has 2 aromatic rings. The van der Waals surface area contributed by atoms with Crippen molar-refractivity contribution in [3.63, 3.8) is 0 Å². The highest BCUT2D eigenvalue weighted by Crippen LogP contribution is 2.23. The molecule has 4 rings (SSSR count). The second kappa shape index (κ2) is 14.6. The van der Waals surface area contributed by atoms with Crippen LogP contribution in [0.15, 0.2) is 48.5 Å². The summed E-state index contributed by atoms with van der Waals surface area (Å²) in [6, 6.07) is 9.20. The van der Waals surface area contributed by atoms with Gasteiger partial charge in [-0.15, -0.1) is 0 Å². The van der Waals surface area contributed by atoms with Gasteiger partial charge in [0.2, 0.25) is 23.6 Å². The quantitative estimate of drug-likeness (QED) is 0.392. The summed E-state index contributed by atoms with van der Waals surface area (Å²) >= 11 is 5.97. The van der Waals surface area contributed by atoms with Gasteiger partial charge in [0, 0.05) is 43.1 Å². The third-order valence-corrected chi connectivity index (χ3v) is 8.21. The van der Waals surface area contributed by atoms with E-state index in [-0.39, 0.29) is 49.0 Å². The van der Waals surface area contributed by atoms with Gasteiger partial charge in [-0.05, 0) is 29.7 Å². The van der Waals surface area contributed by atoms with Crippen molar-refractivity contribution >= 4 is 41.1 Å². The Morgan fingerprint density at radius 2 is 1.82 bits per heavy atom. The molecule has 11 nitrogen and oxygen atoms in total. The molecule has 0 radical (unpaired) electrons. The van der Waals surface area contributed by atoms with Gasteiger partial charge >= 0.3 is 0 Å². The van der Waals surface area contributed by atoms with E-state index in [0.29, 0.717) is 6.42 Å². The summed E-state index contributed by atoms with van der Waals surface area (Å²) in [5, 5.41) is 18.7. The predicted octanol–water partition coefficient (Wildman–Crippen LogP) is 1.27. The lowest BCUT2D eigenvalue weighted by Gasteiger charge is -2.32. The fourth-order valence-electron chi connectivity index (χ4n) is 5.44. The number of carbonyl (C=O) groups is 5. The van der Waals surface area contributed by atoms with E-state index >= 15 is 0 Å². The Morgan fingerprint density at radius 1 is 1.09 bits per heavy atom. The number of halogens is 2. The first-order valence-electron chi connectivity index (χ1n) is 14.6. The lowest BCUT2D eigenvalue weighted by atomic mass is 9.97. The van der Waals surface area contributed by atoms with Crippen LogP contribution in [0.3, 0.4) is 0 Å². The molecule has 0 unspecified atom stereocenters. The van der Waals surface area contributed by atoms with E-state index in [1.165, 1.54) is 11.0 Å². The molecule has 236 valence electrons. The Morgan fingerprint density at radius 3 is 2.50 bits per heavy atom. The Hall–Kier alpha value is -4.03. The number of hydrogen-bond acceptors (Lipinski definition) is 6. The molecule has 0 bridgehead atoms. The maximum absolute atomic E-state index is 14.1. The molecule has 5 amide bonds. The number of aliphatic hydroxyl groups is 1. The molecule has 44 heavy (non-hydrogen) atoms. The minimum Gasteiger partial charge on any atom is -0.391 e. The average Bonchev–Trinajstić information content (AvgIpc) is 3.39. The highest BCUT2D eigenvalue weighted by molar-refractivity contribution is 6.31. The van der Waals surface area contributed by atoms with Gasteiger partial charge in [0.25, 0.3) is 5.91 Å². The molecule has 2 heterocycles. The van der Waals surface area contributed by atoms with Gasteiger partial charge in [0.1, 0.15) is 23.9 Å². The Labute approximate surface area is 260 Å². The van der Waals surface area contributed by atoms with Crippen LogP contribution in [0.5, 0.6) is 0 Å². The maximum Gasteiger partial charge on any atom is 0.254 e. The highest BCUT2D eigenvalue weighted by atomic mass is 35.5. The zero-order chi connectivity index (χ0) is 32.0. The Balaban J connectivity index is 1.69. The second-order valence-corrected chi connectivity index (χ2v) is 11.7. The van der Waals surface area contributed by atoms with Crippen molar-refractivity contribution in [2.45, 2.75) is 57.3 Å². The first kappa shape index (κ1) is 32.9. The zero-order valence-corrected chi connectivity index (χ0v) is 25.4. The van der Waals surface area contributed by atoms with Gasteiger partial charge in [0.05, 0.1) is 12.6 Å². The Kier molecular flexibility index (Phi) is 10.9. The van der Waals surface area contributed by atoms with Crippen LogP contribution < -0.4 is 16.0 Å². The van der Waals surface area contributed by atoms with Gasteiger partial charge in [-0.1, -0.05) is 62.2 Å².